The van der Waals surface area contributed by atoms with Gasteiger partial charge in [-0.05, 0) is 41.7 Å². The monoisotopic (exact) mass is 390 g/mol. The summed E-state index contributed by atoms with van der Waals surface area (Å²) >= 11 is 5.83. The maximum Gasteiger partial charge on any atom is 0.442 e. The molecule has 0 aromatic heterocycles. The van der Waals surface area contributed by atoms with Crippen LogP contribution in [0.1, 0.15) is 0 Å². The maximum absolute atomic E-state index is 12.9. The number of hydrogen-bond acceptors (Lipinski definition) is 3. The van der Waals surface area contributed by atoms with Crippen LogP contribution < -0.4 is 0 Å². The van der Waals surface area contributed by atoms with Gasteiger partial charge in [-0.3, -0.25) is 0 Å². The van der Waals surface area contributed by atoms with Crippen LogP contribution in [0.4, 0.5) is 30.7 Å². The summed E-state index contributed by atoms with van der Waals surface area (Å²) in [7, 11) is 0. The summed E-state index contributed by atoms with van der Waals surface area (Å²) in [5, 5.41) is -4.84. The Balaban J connectivity index is 2.68. The Bertz CT molecular complexity index is 478. The van der Waals surface area contributed by atoms with E-state index in [1.165, 1.54) is 6.07 Å². The second-order valence-electron chi connectivity index (χ2n) is 3.41. The van der Waals surface area contributed by atoms with Gasteiger partial charge in [-0.1, -0.05) is 11.6 Å². The molecule has 0 radical (unpaired) electrons. The molecule has 0 aliphatic heterocycles. The molecule has 11 heteroatoms. The third-order valence-electron chi connectivity index (χ3n) is 1.85. The summed E-state index contributed by atoms with van der Waals surface area (Å²) in [6, 6.07) is 3.48. The minimum atomic E-state index is -4.37. The lowest BCUT2D eigenvalue weighted by Crippen LogP contribution is -2.21. The number of benzene rings is 1. The molecule has 0 nitrogen and oxygen atoms in total. The Morgan fingerprint density at radius 1 is 1.10 bits per heavy atom. The molecule has 0 spiro atoms. The van der Waals surface area contributed by atoms with Crippen molar-refractivity contribution in [2.75, 3.05) is 5.08 Å². The molecule has 1 rings (SSSR count). The Morgan fingerprint density at radius 2 is 1.71 bits per heavy atom. The lowest BCUT2D eigenvalue weighted by Gasteiger charge is -2.15. The standard InChI is InChI=1S/C10H6ClF7S3/c11-6-3-5(19-4-20-10(16,17)18)1-2-7(6)21-9(14,15)8(12)13/h1-3,8H,4H2. The molecular formula is C10H6ClF7S3. The predicted molar refractivity (Wildman–Crippen MR) is 72.6 cm³/mol. The molecule has 0 amide bonds. The molecule has 0 N–H and O–H groups in total. The minimum absolute atomic E-state index is 0.220. The van der Waals surface area contributed by atoms with Crippen LogP contribution in [0.3, 0.4) is 0 Å². The van der Waals surface area contributed by atoms with Crippen LogP contribution in [0.25, 0.3) is 0 Å². The van der Waals surface area contributed by atoms with Crippen molar-refractivity contribution < 1.29 is 30.7 Å². The molecule has 0 fully saturated rings. The van der Waals surface area contributed by atoms with E-state index in [1.807, 2.05) is 0 Å². The van der Waals surface area contributed by atoms with Crippen LogP contribution in [0, 0.1) is 0 Å². The average Bonchev–Trinajstić information content (AvgIpc) is 2.30. The lowest BCUT2D eigenvalue weighted by atomic mass is 10.4. The summed E-state index contributed by atoms with van der Waals surface area (Å²) in [4.78, 5) is 0.0521. The van der Waals surface area contributed by atoms with Crippen molar-refractivity contribution in [3.05, 3.63) is 23.2 Å². The van der Waals surface area contributed by atoms with Crippen molar-refractivity contribution in [3.8, 4) is 0 Å². The summed E-state index contributed by atoms with van der Waals surface area (Å²) in [5.41, 5.74) is -4.37. The van der Waals surface area contributed by atoms with E-state index >= 15 is 0 Å². The highest BCUT2D eigenvalue weighted by Crippen LogP contribution is 2.44. The topological polar surface area (TPSA) is 0 Å². The smallest absolute Gasteiger partial charge is 0.202 e. The number of hydrogen-bond donors (Lipinski definition) is 0. The van der Waals surface area contributed by atoms with Crippen LogP contribution in [0.5, 0.6) is 0 Å². The van der Waals surface area contributed by atoms with E-state index in [4.69, 9.17) is 11.6 Å². The van der Waals surface area contributed by atoms with E-state index in [-0.39, 0.29) is 26.8 Å². The second kappa shape index (κ2) is 7.56. The Morgan fingerprint density at radius 3 is 2.19 bits per heavy atom. The number of rotatable bonds is 6. The molecule has 0 saturated carbocycles. The van der Waals surface area contributed by atoms with E-state index in [0.29, 0.717) is 4.90 Å². The molecule has 0 atom stereocenters. The Hall–Kier alpha value is 0.0700. The molecule has 120 valence electrons. The highest BCUT2D eigenvalue weighted by Gasteiger charge is 2.42. The van der Waals surface area contributed by atoms with Gasteiger partial charge in [-0.15, -0.1) is 11.8 Å². The maximum atomic E-state index is 12.9. The highest BCUT2D eigenvalue weighted by molar-refractivity contribution is 8.16. The quantitative estimate of drug-likeness (QED) is 0.305. The van der Waals surface area contributed by atoms with Crippen LogP contribution in [0.15, 0.2) is 28.0 Å². The molecule has 0 unspecified atom stereocenters. The number of halogens is 8. The SMILES string of the molecule is FC(F)C(F)(F)Sc1ccc(SCSC(F)(F)F)cc1Cl. The molecule has 21 heavy (non-hydrogen) atoms. The first kappa shape index (κ1) is 19.1. The third-order valence-corrected chi connectivity index (χ3v) is 5.16. The van der Waals surface area contributed by atoms with E-state index < -0.39 is 29.0 Å². The fourth-order valence-electron chi connectivity index (χ4n) is 1.01. The predicted octanol–water partition coefficient (Wildman–Crippen LogP) is 6.59. The van der Waals surface area contributed by atoms with Crippen LogP contribution in [-0.2, 0) is 0 Å². The van der Waals surface area contributed by atoms with Crippen molar-refractivity contribution in [3.63, 3.8) is 0 Å². The zero-order valence-electron chi connectivity index (χ0n) is 9.76. The van der Waals surface area contributed by atoms with Crippen molar-refractivity contribution in [1.82, 2.24) is 0 Å². The van der Waals surface area contributed by atoms with Crippen molar-refractivity contribution in [1.29, 1.82) is 0 Å². The molecule has 0 aliphatic carbocycles. The van der Waals surface area contributed by atoms with Crippen LogP contribution in [0.2, 0.25) is 5.02 Å². The first-order chi connectivity index (χ1) is 9.51. The van der Waals surface area contributed by atoms with Gasteiger partial charge in [0.1, 0.15) is 0 Å². The summed E-state index contributed by atoms with van der Waals surface area (Å²) in [6.45, 7) is 0. The van der Waals surface area contributed by atoms with Gasteiger partial charge in [-0.25, -0.2) is 8.78 Å². The fraction of sp³-hybridized carbons (Fsp3) is 0.400. The summed E-state index contributed by atoms with van der Waals surface area (Å²) in [5.74, 6) is 0. The van der Waals surface area contributed by atoms with Crippen molar-refractivity contribution in [2.24, 2.45) is 0 Å². The van der Waals surface area contributed by atoms with E-state index in [2.05, 4.69) is 0 Å². The molecule has 0 aliphatic rings. The largest absolute Gasteiger partial charge is 0.442 e. The van der Waals surface area contributed by atoms with Crippen LogP contribution >= 0.6 is 46.9 Å². The summed E-state index contributed by atoms with van der Waals surface area (Å²) in [6.07, 6.45) is -3.85. The first-order valence-electron chi connectivity index (χ1n) is 4.99. The average molecular weight is 391 g/mol. The minimum Gasteiger partial charge on any atom is -0.202 e. The van der Waals surface area contributed by atoms with E-state index in [9.17, 15) is 30.7 Å². The zero-order valence-corrected chi connectivity index (χ0v) is 13.0. The van der Waals surface area contributed by atoms with Gasteiger partial charge in [0.15, 0.2) is 0 Å². The molecule has 0 heterocycles. The van der Waals surface area contributed by atoms with E-state index in [0.717, 1.165) is 23.9 Å². The first-order valence-corrected chi connectivity index (χ1v) is 8.16. The molecule has 0 saturated heterocycles. The second-order valence-corrected chi connectivity index (χ2v) is 7.46. The molecule has 1 aromatic carbocycles. The van der Waals surface area contributed by atoms with Gasteiger partial charge in [0.2, 0.25) is 0 Å². The normalized spacial score (nSPS) is 13.0. The van der Waals surface area contributed by atoms with Gasteiger partial charge >= 0.3 is 17.2 Å². The van der Waals surface area contributed by atoms with Gasteiger partial charge in [0.25, 0.3) is 0 Å². The number of thioether (sulfide) groups is 3. The lowest BCUT2D eigenvalue weighted by molar-refractivity contribution is -0.0563. The van der Waals surface area contributed by atoms with Gasteiger partial charge in [-0.2, -0.15) is 22.0 Å². The fourth-order valence-corrected chi connectivity index (χ4v) is 3.73. The Kier molecular flexibility index (Phi) is 6.88. The van der Waals surface area contributed by atoms with E-state index in [1.54, 1.807) is 0 Å². The van der Waals surface area contributed by atoms with Crippen molar-refractivity contribution >= 4 is 46.9 Å². The zero-order chi connectivity index (χ0) is 16.3. The molecule has 0 bridgehead atoms. The highest BCUT2D eigenvalue weighted by atomic mass is 35.5. The van der Waals surface area contributed by atoms with Gasteiger partial charge in [0.05, 0.1) is 10.1 Å². The third kappa shape index (κ3) is 6.79. The van der Waals surface area contributed by atoms with Gasteiger partial charge in [0, 0.05) is 9.79 Å². The molecular weight excluding hydrogens is 385 g/mol. The van der Waals surface area contributed by atoms with Crippen LogP contribution in [-0.4, -0.2) is 22.3 Å². The summed E-state index contributed by atoms with van der Waals surface area (Å²) < 4.78 is 85.6. The number of alkyl halides is 7. The van der Waals surface area contributed by atoms with Crippen molar-refractivity contribution in [2.45, 2.75) is 27.0 Å². The molecule has 1 aromatic rings. The van der Waals surface area contributed by atoms with Gasteiger partial charge < -0.3 is 0 Å². The Labute approximate surface area is 133 Å².